The van der Waals surface area contributed by atoms with Gasteiger partial charge in [-0.05, 0) is 35.6 Å². The quantitative estimate of drug-likeness (QED) is 0.793. The van der Waals surface area contributed by atoms with Crippen molar-refractivity contribution >= 4 is 0 Å². The molecule has 0 N–H and O–H groups in total. The van der Waals surface area contributed by atoms with E-state index in [4.69, 9.17) is 4.74 Å². The molecule has 0 saturated heterocycles. The van der Waals surface area contributed by atoms with Crippen LogP contribution in [0.25, 0.3) is 0 Å². The minimum Gasteiger partial charge on any atom is -0.496 e. The van der Waals surface area contributed by atoms with Crippen molar-refractivity contribution in [2.24, 2.45) is 0 Å². The molecule has 1 atom stereocenters. The average Bonchev–Trinajstić information content (AvgIpc) is 2.53. The van der Waals surface area contributed by atoms with E-state index in [-0.39, 0.29) is 5.82 Å². The SMILES string of the molecule is COc1ccc(C(C)C)cc1CC(C#N)c1ccccc1F. The summed E-state index contributed by atoms with van der Waals surface area (Å²) in [5, 5.41) is 9.45. The highest BCUT2D eigenvalue weighted by atomic mass is 19.1. The van der Waals surface area contributed by atoms with Gasteiger partial charge in [0.15, 0.2) is 0 Å². The summed E-state index contributed by atoms with van der Waals surface area (Å²) in [5.74, 6) is 0.255. The Balaban J connectivity index is 2.37. The van der Waals surface area contributed by atoms with Crippen LogP contribution in [-0.4, -0.2) is 7.11 Å². The van der Waals surface area contributed by atoms with Crippen LogP contribution in [0.15, 0.2) is 42.5 Å². The minimum atomic E-state index is -0.530. The summed E-state index contributed by atoms with van der Waals surface area (Å²) >= 11 is 0. The van der Waals surface area contributed by atoms with E-state index >= 15 is 0 Å². The molecule has 0 spiro atoms. The maximum Gasteiger partial charge on any atom is 0.127 e. The molecule has 0 radical (unpaired) electrons. The second-order valence-electron chi connectivity index (χ2n) is 5.63. The molecular formula is C19H20FNO. The monoisotopic (exact) mass is 297 g/mol. The first-order valence-corrected chi connectivity index (χ1v) is 7.37. The molecule has 22 heavy (non-hydrogen) atoms. The summed E-state index contributed by atoms with van der Waals surface area (Å²) in [4.78, 5) is 0. The average molecular weight is 297 g/mol. The Labute approximate surface area is 131 Å². The van der Waals surface area contributed by atoms with Crippen LogP contribution in [0.2, 0.25) is 0 Å². The number of benzene rings is 2. The number of hydrogen-bond donors (Lipinski definition) is 0. The highest BCUT2D eigenvalue weighted by molar-refractivity contribution is 5.41. The molecule has 0 aliphatic carbocycles. The molecule has 2 nitrogen and oxygen atoms in total. The first kappa shape index (κ1) is 16.0. The molecule has 0 bridgehead atoms. The van der Waals surface area contributed by atoms with Crippen molar-refractivity contribution in [3.63, 3.8) is 0 Å². The predicted octanol–water partition coefficient (Wildman–Crippen LogP) is 4.81. The first-order chi connectivity index (χ1) is 10.6. The van der Waals surface area contributed by atoms with Crippen LogP contribution in [0.5, 0.6) is 5.75 Å². The predicted molar refractivity (Wildman–Crippen MR) is 85.5 cm³/mol. The van der Waals surface area contributed by atoms with E-state index < -0.39 is 5.92 Å². The third-order valence-corrected chi connectivity index (χ3v) is 3.83. The van der Waals surface area contributed by atoms with Crippen molar-refractivity contribution in [1.29, 1.82) is 5.26 Å². The Morgan fingerprint density at radius 3 is 2.50 bits per heavy atom. The summed E-state index contributed by atoms with van der Waals surface area (Å²) in [6, 6.07) is 14.7. The molecule has 3 heteroatoms. The fourth-order valence-electron chi connectivity index (χ4n) is 2.52. The number of nitriles is 1. The standard InChI is InChI=1S/C19H20FNO/c1-13(2)14-8-9-19(22-3)15(10-14)11-16(12-21)17-6-4-5-7-18(17)20/h4-10,13,16H,11H2,1-3H3. The van der Waals surface area contributed by atoms with Crippen LogP contribution in [0.3, 0.4) is 0 Å². The van der Waals surface area contributed by atoms with Gasteiger partial charge in [0.1, 0.15) is 11.6 Å². The van der Waals surface area contributed by atoms with Crippen molar-refractivity contribution in [3.05, 3.63) is 65.0 Å². The Morgan fingerprint density at radius 2 is 1.91 bits per heavy atom. The van der Waals surface area contributed by atoms with Crippen molar-refractivity contribution < 1.29 is 9.13 Å². The Bertz CT molecular complexity index is 688. The van der Waals surface area contributed by atoms with Crippen molar-refractivity contribution in [2.75, 3.05) is 7.11 Å². The largest absolute Gasteiger partial charge is 0.496 e. The van der Waals surface area contributed by atoms with Crippen LogP contribution in [0.4, 0.5) is 4.39 Å². The molecule has 0 aliphatic rings. The zero-order valence-electron chi connectivity index (χ0n) is 13.1. The topological polar surface area (TPSA) is 33.0 Å². The van der Waals surface area contributed by atoms with Gasteiger partial charge in [-0.25, -0.2) is 4.39 Å². The maximum absolute atomic E-state index is 13.9. The van der Waals surface area contributed by atoms with E-state index in [1.54, 1.807) is 25.3 Å². The molecular weight excluding hydrogens is 277 g/mol. The Hall–Kier alpha value is -2.34. The molecule has 0 fully saturated rings. The zero-order chi connectivity index (χ0) is 16.1. The van der Waals surface area contributed by atoms with Crippen LogP contribution >= 0.6 is 0 Å². The highest BCUT2D eigenvalue weighted by Crippen LogP contribution is 2.30. The summed E-state index contributed by atoms with van der Waals surface area (Å²) < 4.78 is 19.3. The third-order valence-electron chi connectivity index (χ3n) is 3.83. The van der Waals surface area contributed by atoms with Gasteiger partial charge in [0.05, 0.1) is 19.1 Å². The molecule has 0 amide bonds. The summed E-state index contributed by atoms with van der Waals surface area (Å²) in [5.41, 5.74) is 2.55. The second kappa shape index (κ2) is 7.09. The van der Waals surface area contributed by atoms with Crippen molar-refractivity contribution in [3.8, 4) is 11.8 Å². The van der Waals surface area contributed by atoms with E-state index in [1.165, 1.54) is 11.6 Å². The molecule has 2 aromatic rings. The Kier molecular flexibility index (Phi) is 5.16. The molecule has 2 rings (SSSR count). The maximum atomic E-state index is 13.9. The van der Waals surface area contributed by atoms with E-state index in [1.807, 2.05) is 12.1 Å². The number of nitrogens with zero attached hydrogens (tertiary/aromatic N) is 1. The van der Waals surface area contributed by atoms with Gasteiger partial charge >= 0.3 is 0 Å². The van der Waals surface area contributed by atoms with Crippen LogP contribution in [0, 0.1) is 17.1 Å². The number of rotatable bonds is 5. The smallest absolute Gasteiger partial charge is 0.127 e. The lowest BCUT2D eigenvalue weighted by Gasteiger charge is -2.16. The van der Waals surface area contributed by atoms with Gasteiger partial charge in [0, 0.05) is 5.56 Å². The number of ether oxygens (including phenoxy) is 1. The summed E-state index contributed by atoms with van der Waals surface area (Å²) in [6.45, 7) is 4.23. The molecule has 0 heterocycles. The molecule has 0 aliphatic heterocycles. The molecule has 0 aromatic heterocycles. The fourth-order valence-corrected chi connectivity index (χ4v) is 2.52. The van der Waals surface area contributed by atoms with Crippen LogP contribution in [0.1, 0.15) is 42.4 Å². The van der Waals surface area contributed by atoms with E-state index in [9.17, 15) is 9.65 Å². The lowest BCUT2D eigenvalue weighted by Crippen LogP contribution is -2.05. The van der Waals surface area contributed by atoms with Crippen molar-refractivity contribution in [1.82, 2.24) is 0 Å². The van der Waals surface area contributed by atoms with Gasteiger partial charge in [-0.1, -0.05) is 44.2 Å². The third kappa shape index (κ3) is 3.46. The van der Waals surface area contributed by atoms with Crippen molar-refractivity contribution in [2.45, 2.75) is 32.1 Å². The zero-order valence-corrected chi connectivity index (χ0v) is 13.1. The summed E-state index contributed by atoms with van der Waals surface area (Å²) in [6.07, 6.45) is 0.432. The number of methoxy groups -OCH3 is 1. The molecule has 1 unspecified atom stereocenters. The number of hydrogen-bond acceptors (Lipinski definition) is 2. The summed E-state index contributed by atoms with van der Waals surface area (Å²) in [7, 11) is 1.61. The normalized spacial score (nSPS) is 12.0. The van der Waals surface area contributed by atoms with E-state index in [2.05, 4.69) is 26.0 Å². The van der Waals surface area contributed by atoms with Gasteiger partial charge in [0.25, 0.3) is 0 Å². The van der Waals surface area contributed by atoms with Crippen LogP contribution < -0.4 is 4.74 Å². The van der Waals surface area contributed by atoms with Gasteiger partial charge in [-0.15, -0.1) is 0 Å². The lowest BCUT2D eigenvalue weighted by atomic mass is 9.90. The van der Waals surface area contributed by atoms with E-state index in [0.29, 0.717) is 17.9 Å². The van der Waals surface area contributed by atoms with Gasteiger partial charge in [0.2, 0.25) is 0 Å². The molecule has 2 aromatic carbocycles. The van der Waals surface area contributed by atoms with Gasteiger partial charge in [-0.3, -0.25) is 0 Å². The number of halogens is 1. The molecule has 0 saturated carbocycles. The fraction of sp³-hybridized carbons (Fsp3) is 0.316. The Morgan fingerprint density at radius 1 is 1.18 bits per heavy atom. The molecule has 114 valence electrons. The highest BCUT2D eigenvalue weighted by Gasteiger charge is 2.18. The van der Waals surface area contributed by atoms with Gasteiger partial charge in [-0.2, -0.15) is 5.26 Å². The second-order valence-corrected chi connectivity index (χ2v) is 5.63. The first-order valence-electron chi connectivity index (χ1n) is 7.37. The minimum absolute atomic E-state index is 0.340. The lowest BCUT2D eigenvalue weighted by molar-refractivity contribution is 0.408. The van der Waals surface area contributed by atoms with Gasteiger partial charge < -0.3 is 4.74 Å². The van der Waals surface area contributed by atoms with Crippen LogP contribution in [-0.2, 0) is 6.42 Å². The van der Waals surface area contributed by atoms with E-state index in [0.717, 1.165) is 11.3 Å².